The summed E-state index contributed by atoms with van der Waals surface area (Å²) < 4.78 is 0. The molecule has 0 radical (unpaired) electrons. The van der Waals surface area contributed by atoms with Crippen molar-refractivity contribution in [3.05, 3.63) is 22.2 Å². The Kier molecular flexibility index (Phi) is 7.09. The Bertz CT molecular complexity index is 596. The van der Waals surface area contributed by atoms with Crippen molar-refractivity contribution in [3.63, 3.8) is 0 Å². The average Bonchev–Trinajstić information content (AvgIpc) is 2.67. The van der Waals surface area contributed by atoms with Gasteiger partial charge in [-0.1, -0.05) is 11.8 Å². The second-order valence-electron chi connectivity index (χ2n) is 5.79. The molecule has 2 amide bonds. The first-order valence-corrected chi connectivity index (χ1v) is 7.61. The van der Waals surface area contributed by atoms with E-state index in [0.29, 0.717) is 11.3 Å². The standard InChI is InChI=1S/C14H18N2O5S.K/c1-7(17)15-4-5-22-9-6-8-10(14(2,3)21)12(18)16(8)11(9)13(19)20;/h4-5,8,10,21H,6H2,1-3H3,(H,15,17)(H,19,20);/q;+1/p-1/b5-4-;/t8-,10+;/m1./s1. The smallest absolute Gasteiger partial charge is 0.543 e. The van der Waals surface area contributed by atoms with Gasteiger partial charge >= 0.3 is 51.4 Å². The molecule has 2 heterocycles. The van der Waals surface area contributed by atoms with Crippen LogP contribution in [0.25, 0.3) is 0 Å². The van der Waals surface area contributed by atoms with Crippen molar-refractivity contribution >= 4 is 29.5 Å². The van der Waals surface area contributed by atoms with Crippen LogP contribution in [0.1, 0.15) is 27.2 Å². The molecule has 0 saturated carbocycles. The third-order valence-corrected chi connectivity index (χ3v) is 4.56. The number of fused-ring (bicyclic) bond motifs is 1. The predicted octanol–water partition coefficient (Wildman–Crippen LogP) is -3.71. The number of thioether (sulfide) groups is 1. The van der Waals surface area contributed by atoms with Crippen molar-refractivity contribution in [1.82, 2.24) is 10.2 Å². The van der Waals surface area contributed by atoms with E-state index in [4.69, 9.17) is 0 Å². The molecule has 2 rings (SSSR count). The molecule has 2 N–H and O–H groups in total. The van der Waals surface area contributed by atoms with Crippen LogP contribution in [0.15, 0.2) is 22.2 Å². The number of hydrogen-bond donors (Lipinski definition) is 2. The first-order valence-electron chi connectivity index (χ1n) is 6.73. The van der Waals surface area contributed by atoms with E-state index in [1.54, 1.807) is 0 Å². The van der Waals surface area contributed by atoms with Crippen molar-refractivity contribution in [3.8, 4) is 0 Å². The summed E-state index contributed by atoms with van der Waals surface area (Å²) in [6, 6.07) is -0.364. The topological polar surface area (TPSA) is 110 Å². The number of carboxylic acids is 1. The number of carbonyl (C=O) groups is 3. The minimum absolute atomic E-state index is 0. The van der Waals surface area contributed by atoms with Crippen LogP contribution < -0.4 is 61.8 Å². The number of nitrogens with zero attached hydrogens (tertiary/aromatic N) is 1. The molecule has 0 aromatic carbocycles. The van der Waals surface area contributed by atoms with Crippen LogP contribution in [0.5, 0.6) is 0 Å². The number of rotatable bonds is 5. The molecule has 1 fully saturated rings. The van der Waals surface area contributed by atoms with Gasteiger partial charge in [0.1, 0.15) is 0 Å². The number of carboxylic acid groups (broad SMARTS) is 1. The fourth-order valence-corrected chi connectivity index (χ4v) is 3.67. The van der Waals surface area contributed by atoms with Crippen molar-refractivity contribution in [1.29, 1.82) is 0 Å². The van der Waals surface area contributed by atoms with Gasteiger partial charge in [-0.3, -0.25) is 9.59 Å². The average molecular weight is 364 g/mol. The zero-order chi connectivity index (χ0) is 16.7. The molecule has 120 valence electrons. The SMILES string of the molecule is CC(=O)N/C=C\SC1=C(C(=O)[O-])N2C(=O)[C@@H](C(C)(C)O)[C@H]2C1.[K+]. The van der Waals surface area contributed by atoms with Crippen LogP contribution in [0.3, 0.4) is 0 Å². The maximum atomic E-state index is 12.1. The Labute approximate surface area is 181 Å². The van der Waals surface area contributed by atoms with Gasteiger partial charge in [0.05, 0.1) is 29.2 Å². The minimum atomic E-state index is -1.42. The molecule has 9 heteroatoms. The molecule has 0 bridgehead atoms. The summed E-state index contributed by atoms with van der Waals surface area (Å²) in [7, 11) is 0. The van der Waals surface area contributed by atoms with Crippen LogP contribution in [-0.2, 0) is 14.4 Å². The zero-order valence-electron chi connectivity index (χ0n) is 13.5. The first kappa shape index (κ1) is 20.9. The van der Waals surface area contributed by atoms with Crippen molar-refractivity contribution in [2.45, 2.75) is 38.8 Å². The van der Waals surface area contributed by atoms with Gasteiger partial charge in [0.25, 0.3) is 0 Å². The molecule has 0 aliphatic carbocycles. The molecule has 0 aromatic heterocycles. The fraction of sp³-hybridized carbons (Fsp3) is 0.500. The number of carbonyl (C=O) groups excluding carboxylic acids is 3. The van der Waals surface area contributed by atoms with E-state index < -0.39 is 23.4 Å². The molecule has 2 atom stereocenters. The van der Waals surface area contributed by atoms with E-state index in [2.05, 4.69) is 5.32 Å². The Morgan fingerprint density at radius 3 is 2.57 bits per heavy atom. The summed E-state index contributed by atoms with van der Waals surface area (Å²) in [5, 5.41) is 25.3. The number of β-lactam (4-membered cyclic amide) rings is 1. The van der Waals surface area contributed by atoms with E-state index in [1.807, 2.05) is 0 Å². The zero-order valence-corrected chi connectivity index (χ0v) is 17.4. The van der Waals surface area contributed by atoms with E-state index in [0.717, 1.165) is 11.8 Å². The molecular weight excluding hydrogens is 347 g/mol. The number of aliphatic carboxylic acids is 1. The molecule has 2 aliphatic heterocycles. The molecule has 0 unspecified atom stereocenters. The molecule has 7 nitrogen and oxygen atoms in total. The van der Waals surface area contributed by atoms with Crippen LogP contribution in [0, 0.1) is 5.92 Å². The largest absolute Gasteiger partial charge is 1.00 e. The first-order chi connectivity index (χ1) is 10.1. The van der Waals surface area contributed by atoms with Crippen LogP contribution in [0.2, 0.25) is 0 Å². The third-order valence-electron chi connectivity index (χ3n) is 3.64. The summed E-state index contributed by atoms with van der Waals surface area (Å²) in [6.07, 6.45) is 1.75. The third kappa shape index (κ3) is 4.27. The summed E-state index contributed by atoms with van der Waals surface area (Å²) in [6.45, 7) is 4.43. The summed E-state index contributed by atoms with van der Waals surface area (Å²) in [5.41, 5.74) is -1.35. The van der Waals surface area contributed by atoms with Crippen molar-refractivity contribution in [2.75, 3.05) is 0 Å². The molecule has 2 aliphatic rings. The van der Waals surface area contributed by atoms with Crippen LogP contribution in [0.4, 0.5) is 0 Å². The summed E-state index contributed by atoms with van der Waals surface area (Å²) in [4.78, 5) is 35.9. The van der Waals surface area contributed by atoms with Gasteiger partial charge in [0.15, 0.2) is 0 Å². The number of hydrogen-bond acceptors (Lipinski definition) is 6. The number of aliphatic hydroxyl groups is 1. The Hall–Kier alpha value is -0.164. The molecule has 1 saturated heterocycles. The fourth-order valence-electron chi connectivity index (χ4n) is 2.81. The normalized spacial score (nSPS) is 23.5. The van der Waals surface area contributed by atoms with Gasteiger partial charge in [-0.05, 0) is 19.3 Å². The van der Waals surface area contributed by atoms with Gasteiger partial charge < -0.3 is 25.2 Å². The Morgan fingerprint density at radius 1 is 1.48 bits per heavy atom. The monoisotopic (exact) mass is 364 g/mol. The molecule has 23 heavy (non-hydrogen) atoms. The van der Waals surface area contributed by atoms with Crippen LogP contribution in [-0.4, -0.2) is 39.4 Å². The van der Waals surface area contributed by atoms with E-state index in [-0.39, 0.29) is 69.0 Å². The quantitative estimate of drug-likeness (QED) is 0.384. The number of amides is 2. The minimum Gasteiger partial charge on any atom is -0.543 e. The Balaban J connectivity index is 0.00000264. The predicted molar refractivity (Wildman–Crippen MR) is 77.6 cm³/mol. The van der Waals surface area contributed by atoms with E-state index >= 15 is 0 Å². The molecule has 0 spiro atoms. The van der Waals surface area contributed by atoms with Gasteiger partial charge in [0, 0.05) is 24.4 Å². The Morgan fingerprint density at radius 2 is 2.09 bits per heavy atom. The molecular formula is C14H17KN2O5S. The maximum absolute atomic E-state index is 12.1. The summed E-state index contributed by atoms with van der Waals surface area (Å²) in [5.74, 6) is -2.68. The van der Waals surface area contributed by atoms with Gasteiger partial charge in [0.2, 0.25) is 11.8 Å². The summed E-state index contributed by atoms with van der Waals surface area (Å²) >= 11 is 1.11. The van der Waals surface area contributed by atoms with Crippen molar-refractivity contribution < 1.29 is 76.0 Å². The van der Waals surface area contributed by atoms with Gasteiger partial charge in [-0.15, -0.1) is 0 Å². The van der Waals surface area contributed by atoms with Gasteiger partial charge in [-0.2, -0.15) is 0 Å². The second-order valence-corrected chi connectivity index (χ2v) is 6.79. The molecule has 0 aromatic rings. The maximum Gasteiger partial charge on any atom is 1.00 e. The van der Waals surface area contributed by atoms with Gasteiger partial charge in [-0.25, -0.2) is 0 Å². The number of nitrogens with one attached hydrogen (secondary N) is 1. The van der Waals surface area contributed by atoms with E-state index in [1.165, 1.54) is 37.3 Å². The van der Waals surface area contributed by atoms with Crippen LogP contribution >= 0.6 is 11.8 Å². The van der Waals surface area contributed by atoms with E-state index in [9.17, 15) is 24.6 Å². The van der Waals surface area contributed by atoms with Crippen molar-refractivity contribution in [2.24, 2.45) is 5.92 Å². The second kappa shape index (κ2) is 7.81.